The maximum Gasteiger partial charge on any atom is 0.345 e. The molecule has 0 spiro atoms. The number of aromatic nitrogens is 4. The summed E-state index contributed by atoms with van der Waals surface area (Å²) < 4.78 is 38.4. The molecule has 3 aromatic heterocycles. The zero-order valence-electron chi connectivity index (χ0n) is 29.6. The van der Waals surface area contributed by atoms with E-state index in [1.165, 1.54) is 29.8 Å². The first kappa shape index (κ1) is 36.0. The van der Waals surface area contributed by atoms with E-state index in [4.69, 9.17) is 35.5 Å². The summed E-state index contributed by atoms with van der Waals surface area (Å²) in [5.41, 5.74) is 6.54. The van der Waals surface area contributed by atoms with Crippen LogP contribution in [0.4, 0.5) is 4.39 Å². The highest BCUT2D eigenvalue weighted by Crippen LogP contribution is 2.49. The van der Waals surface area contributed by atoms with Crippen LogP contribution in [0, 0.1) is 12.7 Å². The van der Waals surface area contributed by atoms with Gasteiger partial charge in [-0.2, -0.15) is 0 Å². The lowest BCUT2D eigenvalue weighted by atomic mass is 9.94. The average Bonchev–Trinajstić information content (AvgIpc) is 3.59. The van der Waals surface area contributed by atoms with Crippen LogP contribution in [0.3, 0.4) is 0 Å². The molecule has 0 saturated heterocycles. The number of carboxylic acid groups (broad SMARTS) is 1. The molecule has 1 atom stereocenters. The molecule has 13 heteroatoms. The van der Waals surface area contributed by atoms with Crippen LogP contribution in [0.5, 0.6) is 17.4 Å². The Bertz CT molecular complexity index is 2570. The number of fused-ring (bicyclic) bond motifs is 6. The summed E-state index contributed by atoms with van der Waals surface area (Å²) in [4.78, 5) is 32.5. The Hall–Kier alpha value is -5.95. The first-order chi connectivity index (χ1) is 26.8. The van der Waals surface area contributed by atoms with E-state index >= 15 is 0 Å². The summed E-state index contributed by atoms with van der Waals surface area (Å²) >= 11 is 8.38. The van der Waals surface area contributed by atoms with Crippen molar-refractivity contribution < 1.29 is 33.2 Å². The van der Waals surface area contributed by atoms with Crippen molar-refractivity contribution in [3.63, 3.8) is 0 Å². The van der Waals surface area contributed by atoms with Gasteiger partial charge in [-0.25, -0.2) is 29.1 Å². The number of ether oxygens (including phenoxy) is 4. The van der Waals surface area contributed by atoms with Crippen molar-refractivity contribution in [2.24, 2.45) is 0 Å². The number of carbonyl (C=O) groups is 1. The molecule has 7 aromatic rings. The number of carboxylic acids is 1. The lowest BCUT2D eigenvalue weighted by molar-refractivity contribution is -0.145. The number of nitrogens with zero attached hydrogens (tertiary/aromatic N) is 4. The van der Waals surface area contributed by atoms with E-state index in [2.05, 4.69) is 15.0 Å². The van der Waals surface area contributed by atoms with E-state index in [9.17, 15) is 14.3 Å². The van der Waals surface area contributed by atoms with Crippen molar-refractivity contribution in [3.8, 4) is 50.3 Å². The quantitative estimate of drug-likeness (QED) is 0.168. The zero-order valence-corrected chi connectivity index (χ0v) is 31.2. The lowest BCUT2D eigenvalue weighted by Gasteiger charge is -2.20. The largest absolute Gasteiger partial charge is 0.496 e. The maximum atomic E-state index is 14.1. The number of hydrogen-bond acceptors (Lipinski definition) is 10. The Kier molecular flexibility index (Phi) is 10.1. The van der Waals surface area contributed by atoms with Crippen molar-refractivity contribution in [2.75, 3.05) is 7.11 Å². The number of rotatable bonds is 7. The molecule has 2 aliphatic rings. The molecule has 0 aliphatic carbocycles. The third-order valence-electron chi connectivity index (χ3n) is 9.32. The fourth-order valence-electron chi connectivity index (χ4n) is 6.58. The van der Waals surface area contributed by atoms with Crippen LogP contribution in [0.2, 0.25) is 5.02 Å². The first-order valence-electron chi connectivity index (χ1n) is 17.3. The highest BCUT2D eigenvalue weighted by Gasteiger charge is 2.28. The summed E-state index contributed by atoms with van der Waals surface area (Å²) in [6, 6.07) is 24.8. The number of halogens is 2. The molecule has 0 fully saturated rings. The zero-order chi connectivity index (χ0) is 38.1. The molecule has 55 heavy (non-hydrogen) atoms. The van der Waals surface area contributed by atoms with E-state index in [1.54, 1.807) is 37.6 Å². The van der Waals surface area contributed by atoms with Gasteiger partial charge < -0.3 is 24.1 Å². The summed E-state index contributed by atoms with van der Waals surface area (Å²) in [6.45, 7) is 2.46. The Morgan fingerprint density at radius 2 is 1.80 bits per heavy atom. The molecule has 9 rings (SSSR count). The molecule has 10 nitrogen and oxygen atoms in total. The molecule has 276 valence electrons. The van der Waals surface area contributed by atoms with Gasteiger partial charge >= 0.3 is 5.97 Å². The van der Waals surface area contributed by atoms with Gasteiger partial charge in [-0.15, -0.1) is 11.3 Å². The van der Waals surface area contributed by atoms with Gasteiger partial charge in [0.2, 0.25) is 12.0 Å². The number of hydrogen-bond donors (Lipinski definition) is 1. The minimum atomic E-state index is -1.38. The second-order valence-electron chi connectivity index (χ2n) is 12.8. The standard InChI is InChI=1S/C42H32ClFN4O6S/c1-23-30-13-10-26(37(23)43)20-52-19-24-7-14-32(53-21-29-15-16-45-39(48-29)31-5-3-4-6-33(31)51-2)27(17-24)18-34(42(49)50)54-40-36-35(30)38(55-41(36)47-22-46-40)25-8-11-28(44)12-9-25/h3-17,22,34H,18-21H2,1-2H3,(H,49,50)/t34-/m1/s1. The predicted octanol–water partition coefficient (Wildman–Crippen LogP) is 9.28. The van der Waals surface area contributed by atoms with Crippen molar-refractivity contribution >= 4 is 39.1 Å². The van der Waals surface area contributed by atoms with Crippen molar-refractivity contribution in [2.45, 2.75) is 39.3 Å². The third-order valence-corrected chi connectivity index (χ3v) is 11.0. The van der Waals surface area contributed by atoms with Crippen molar-refractivity contribution in [1.82, 2.24) is 19.9 Å². The normalized spacial score (nSPS) is 14.1. The Labute approximate surface area is 324 Å². The summed E-state index contributed by atoms with van der Waals surface area (Å²) in [5.74, 6) is 0.102. The van der Waals surface area contributed by atoms with Crippen LogP contribution in [0.25, 0.3) is 43.2 Å². The molecular formula is C42H32ClFN4O6S. The number of methoxy groups -OCH3 is 1. The minimum Gasteiger partial charge on any atom is -0.496 e. The molecule has 0 radical (unpaired) electrons. The van der Waals surface area contributed by atoms with E-state index in [1.807, 2.05) is 55.5 Å². The molecule has 1 N–H and O–H groups in total. The molecular weight excluding hydrogens is 743 g/mol. The Balaban J connectivity index is 1.20. The van der Waals surface area contributed by atoms with Crippen LogP contribution in [-0.2, 0) is 35.8 Å². The van der Waals surface area contributed by atoms with Gasteiger partial charge in [0.25, 0.3) is 0 Å². The predicted molar refractivity (Wildman–Crippen MR) is 207 cm³/mol. The molecule has 0 unspecified atom stereocenters. The van der Waals surface area contributed by atoms with E-state index in [0.29, 0.717) is 49.4 Å². The molecule has 2 aliphatic heterocycles. The number of para-hydroxylation sites is 1. The molecule has 0 saturated carbocycles. The first-order valence-corrected chi connectivity index (χ1v) is 18.5. The van der Waals surface area contributed by atoms with Gasteiger partial charge in [0.15, 0.2) is 5.82 Å². The maximum absolute atomic E-state index is 14.1. The second kappa shape index (κ2) is 15.4. The van der Waals surface area contributed by atoms with Crippen molar-refractivity contribution in [1.29, 1.82) is 0 Å². The van der Waals surface area contributed by atoms with E-state index < -0.39 is 12.1 Å². The SMILES string of the molecule is COc1ccccc1-c1nccc(COc2ccc3cc2C[C@H](C(=O)O)Oc2ncnc4sc(-c5ccc(F)cc5)c(c24)-c2ccc(c(Cl)c2C)COC3)n1. The van der Waals surface area contributed by atoms with Crippen molar-refractivity contribution in [3.05, 3.63) is 136 Å². The molecule has 5 heterocycles. The molecule has 4 bridgehead atoms. The van der Waals surface area contributed by atoms with Crippen LogP contribution < -0.4 is 14.2 Å². The third kappa shape index (κ3) is 7.31. The Morgan fingerprint density at radius 3 is 2.62 bits per heavy atom. The van der Waals surface area contributed by atoms with Gasteiger partial charge in [0, 0.05) is 28.1 Å². The van der Waals surface area contributed by atoms with Gasteiger partial charge in [-0.05, 0) is 82.8 Å². The van der Waals surface area contributed by atoms with Gasteiger partial charge in [-0.3, -0.25) is 0 Å². The lowest BCUT2D eigenvalue weighted by Crippen LogP contribution is -2.30. The number of thiophene rings is 1. The van der Waals surface area contributed by atoms with Crippen LogP contribution in [-0.4, -0.2) is 44.2 Å². The average molecular weight is 775 g/mol. The summed E-state index contributed by atoms with van der Waals surface area (Å²) in [6.07, 6.45) is 1.56. The minimum absolute atomic E-state index is 0.0663. The van der Waals surface area contributed by atoms with Gasteiger partial charge in [-0.1, -0.05) is 54.1 Å². The smallest absolute Gasteiger partial charge is 0.345 e. The monoisotopic (exact) mass is 774 g/mol. The fraction of sp³-hybridized carbons (Fsp3) is 0.167. The highest BCUT2D eigenvalue weighted by atomic mass is 35.5. The Morgan fingerprint density at radius 1 is 0.964 bits per heavy atom. The van der Waals surface area contributed by atoms with E-state index in [0.717, 1.165) is 38.3 Å². The highest BCUT2D eigenvalue weighted by molar-refractivity contribution is 7.22. The summed E-state index contributed by atoms with van der Waals surface area (Å²) in [5, 5.41) is 11.6. The molecule has 0 amide bonds. The van der Waals surface area contributed by atoms with Crippen LogP contribution in [0.15, 0.2) is 97.5 Å². The fourth-order valence-corrected chi connectivity index (χ4v) is 7.96. The topological polar surface area (TPSA) is 126 Å². The van der Waals surface area contributed by atoms with Crippen LogP contribution in [0.1, 0.15) is 27.9 Å². The second-order valence-corrected chi connectivity index (χ2v) is 14.2. The van der Waals surface area contributed by atoms with Crippen LogP contribution >= 0.6 is 22.9 Å². The van der Waals surface area contributed by atoms with E-state index in [-0.39, 0.29) is 37.9 Å². The summed E-state index contributed by atoms with van der Waals surface area (Å²) in [7, 11) is 1.59. The molecule has 4 aromatic carbocycles. The number of benzene rings is 4. The number of aliphatic carboxylic acids is 1. The van der Waals surface area contributed by atoms with Gasteiger partial charge in [0.1, 0.15) is 35.1 Å². The van der Waals surface area contributed by atoms with Gasteiger partial charge in [0.05, 0.1) is 37.0 Å².